The van der Waals surface area contributed by atoms with Crippen LogP contribution in [0.15, 0.2) is 27.1 Å². The highest BCUT2D eigenvalue weighted by Crippen LogP contribution is 2.23. The molecule has 0 N–H and O–H groups in total. The van der Waals surface area contributed by atoms with Gasteiger partial charge in [-0.05, 0) is 35.0 Å². The summed E-state index contributed by atoms with van der Waals surface area (Å²) >= 11 is 6.66. The fourth-order valence-electron chi connectivity index (χ4n) is 0.919. The summed E-state index contributed by atoms with van der Waals surface area (Å²) in [6, 6.07) is 4.04. The molecule has 0 aliphatic rings. The van der Waals surface area contributed by atoms with E-state index in [4.69, 9.17) is 0 Å². The third-order valence-corrected chi connectivity index (χ3v) is 3.88. The molecule has 0 aromatic carbocycles. The predicted octanol–water partition coefficient (Wildman–Crippen LogP) is 4.03. The SMILES string of the molecule is Cc1cnc(/N=C/c2ccc(Br)s2)s1. The van der Waals surface area contributed by atoms with Crippen LogP contribution in [0.3, 0.4) is 0 Å². The molecule has 0 amide bonds. The van der Waals surface area contributed by atoms with Crippen molar-refractivity contribution < 1.29 is 0 Å². The summed E-state index contributed by atoms with van der Waals surface area (Å²) in [6.07, 6.45) is 3.68. The maximum Gasteiger partial charge on any atom is 0.209 e. The molecule has 0 aliphatic carbocycles. The maximum atomic E-state index is 4.28. The standard InChI is InChI=1S/C9H7BrN2S2/c1-6-4-11-9(13-6)12-5-7-2-3-8(10)14-7/h2-5H,1H3/b12-5+. The number of thiazole rings is 1. The molecular formula is C9H7BrN2S2. The minimum absolute atomic E-state index is 0.812. The first-order valence-electron chi connectivity index (χ1n) is 3.96. The van der Waals surface area contributed by atoms with E-state index < -0.39 is 0 Å². The molecule has 2 nitrogen and oxygen atoms in total. The van der Waals surface area contributed by atoms with Crippen LogP contribution in [0, 0.1) is 6.92 Å². The van der Waals surface area contributed by atoms with Crippen LogP contribution in [-0.2, 0) is 0 Å². The van der Waals surface area contributed by atoms with Crippen LogP contribution in [0.5, 0.6) is 0 Å². The van der Waals surface area contributed by atoms with Crippen LogP contribution in [0.4, 0.5) is 5.13 Å². The first kappa shape index (κ1) is 10.0. The summed E-state index contributed by atoms with van der Waals surface area (Å²) in [4.78, 5) is 10.7. The Balaban J connectivity index is 2.14. The van der Waals surface area contributed by atoms with Crippen LogP contribution >= 0.6 is 38.6 Å². The number of halogens is 1. The van der Waals surface area contributed by atoms with Gasteiger partial charge < -0.3 is 0 Å². The summed E-state index contributed by atoms with van der Waals surface area (Å²) in [5, 5.41) is 0.812. The fraction of sp³-hybridized carbons (Fsp3) is 0.111. The van der Waals surface area contributed by atoms with Gasteiger partial charge in [-0.15, -0.1) is 22.7 Å². The smallest absolute Gasteiger partial charge is 0.209 e. The van der Waals surface area contributed by atoms with Crippen molar-refractivity contribution in [3.05, 3.63) is 31.9 Å². The van der Waals surface area contributed by atoms with Gasteiger partial charge in [0, 0.05) is 22.2 Å². The highest BCUT2D eigenvalue weighted by atomic mass is 79.9. The molecule has 2 rings (SSSR count). The Morgan fingerprint density at radius 1 is 1.43 bits per heavy atom. The van der Waals surface area contributed by atoms with Gasteiger partial charge in [0.25, 0.3) is 0 Å². The average Bonchev–Trinajstić information content (AvgIpc) is 2.72. The lowest BCUT2D eigenvalue weighted by atomic mass is 10.5. The molecule has 2 heterocycles. The van der Waals surface area contributed by atoms with Gasteiger partial charge >= 0.3 is 0 Å². The van der Waals surface area contributed by atoms with Gasteiger partial charge in [-0.1, -0.05) is 0 Å². The number of thiophene rings is 1. The average molecular weight is 287 g/mol. The molecule has 0 saturated carbocycles. The summed E-state index contributed by atoms with van der Waals surface area (Å²) in [5.74, 6) is 0. The Morgan fingerprint density at radius 3 is 2.86 bits per heavy atom. The predicted molar refractivity (Wildman–Crippen MR) is 66.1 cm³/mol. The van der Waals surface area contributed by atoms with Crippen molar-refractivity contribution in [2.24, 2.45) is 4.99 Å². The van der Waals surface area contributed by atoms with Gasteiger partial charge in [0.1, 0.15) is 0 Å². The van der Waals surface area contributed by atoms with Crippen molar-refractivity contribution in [1.29, 1.82) is 0 Å². The van der Waals surface area contributed by atoms with Gasteiger partial charge in [-0.2, -0.15) is 0 Å². The van der Waals surface area contributed by atoms with Crippen LogP contribution in [-0.4, -0.2) is 11.2 Å². The normalized spacial score (nSPS) is 11.3. The Morgan fingerprint density at radius 2 is 2.29 bits per heavy atom. The lowest BCUT2D eigenvalue weighted by molar-refractivity contribution is 1.34. The van der Waals surface area contributed by atoms with E-state index in [1.807, 2.05) is 31.5 Å². The molecule has 0 spiro atoms. The number of nitrogens with zero attached hydrogens (tertiary/aromatic N) is 2. The zero-order valence-corrected chi connectivity index (χ0v) is 10.6. The minimum atomic E-state index is 0.812. The van der Waals surface area contributed by atoms with E-state index in [9.17, 15) is 0 Å². The summed E-state index contributed by atoms with van der Waals surface area (Å²) in [5.41, 5.74) is 0. The van der Waals surface area contributed by atoms with E-state index in [0.29, 0.717) is 0 Å². The lowest BCUT2D eigenvalue weighted by Crippen LogP contribution is -1.69. The summed E-state index contributed by atoms with van der Waals surface area (Å²) in [7, 11) is 0. The number of hydrogen-bond donors (Lipinski definition) is 0. The number of aryl methyl sites for hydroxylation is 1. The van der Waals surface area contributed by atoms with Crippen molar-refractivity contribution in [1.82, 2.24) is 4.98 Å². The maximum absolute atomic E-state index is 4.28. The van der Waals surface area contributed by atoms with Crippen molar-refractivity contribution >= 4 is 49.9 Å². The van der Waals surface area contributed by atoms with Gasteiger partial charge in [-0.25, -0.2) is 9.98 Å². The first-order valence-corrected chi connectivity index (χ1v) is 6.38. The van der Waals surface area contributed by atoms with Gasteiger partial charge in [0.15, 0.2) is 0 Å². The Hall–Kier alpha value is -0.520. The molecule has 0 fully saturated rings. The van der Waals surface area contributed by atoms with E-state index >= 15 is 0 Å². The lowest BCUT2D eigenvalue weighted by Gasteiger charge is -1.82. The number of aliphatic imine (C=N–C) groups is 1. The first-order chi connectivity index (χ1) is 6.74. The van der Waals surface area contributed by atoms with E-state index in [0.717, 1.165) is 13.8 Å². The monoisotopic (exact) mass is 286 g/mol. The van der Waals surface area contributed by atoms with Crippen molar-refractivity contribution in [2.75, 3.05) is 0 Å². The van der Waals surface area contributed by atoms with E-state index in [1.54, 1.807) is 22.7 Å². The van der Waals surface area contributed by atoms with Crippen LogP contribution < -0.4 is 0 Å². The second-order valence-corrected chi connectivity index (χ2v) is 6.36. The topological polar surface area (TPSA) is 25.2 Å². The Labute approximate surface area is 98.5 Å². The Kier molecular flexibility index (Phi) is 3.10. The van der Waals surface area contributed by atoms with Crippen molar-refractivity contribution in [3.63, 3.8) is 0 Å². The van der Waals surface area contributed by atoms with Gasteiger partial charge in [0.2, 0.25) is 5.13 Å². The zero-order chi connectivity index (χ0) is 9.97. The van der Waals surface area contributed by atoms with Crippen LogP contribution in [0.2, 0.25) is 0 Å². The molecule has 0 saturated heterocycles. The number of aromatic nitrogens is 1. The molecule has 0 atom stereocenters. The third-order valence-electron chi connectivity index (χ3n) is 1.51. The number of hydrogen-bond acceptors (Lipinski definition) is 4. The fourth-order valence-corrected chi connectivity index (χ4v) is 2.82. The molecule has 72 valence electrons. The highest BCUT2D eigenvalue weighted by Gasteiger charge is 1.96. The second kappa shape index (κ2) is 4.33. The summed E-state index contributed by atoms with van der Waals surface area (Å²) in [6.45, 7) is 2.03. The van der Waals surface area contributed by atoms with Crippen molar-refractivity contribution in [3.8, 4) is 0 Å². The molecule has 0 aliphatic heterocycles. The van der Waals surface area contributed by atoms with E-state index in [-0.39, 0.29) is 0 Å². The zero-order valence-electron chi connectivity index (χ0n) is 7.40. The van der Waals surface area contributed by atoms with Gasteiger partial charge in [0.05, 0.1) is 3.79 Å². The highest BCUT2D eigenvalue weighted by molar-refractivity contribution is 9.11. The molecule has 0 radical (unpaired) electrons. The third kappa shape index (κ3) is 2.50. The minimum Gasteiger partial charge on any atom is -0.227 e. The Bertz CT molecular complexity index is 417. The number of rotatable bonds is 2. The van der Waals surface area contributed by atoms with Crippen LogP contribution in [0.1, 0.15) is 9.75 Å². The van der Waals surface area contributed by atoms with Crippen molar-refractivity contribution in [2.45, 2.75) is 6.92 Å². The second-order valence-electron chi connectivity index (χ2n) is 2.65. The van der Waals surface area contributed by atoms with E-state index in [1.165, 1.54) is 4.88 Å². The molecule has 2 aromatic heterocycles. The van der Waals surface area contributed by atoms with Crippen LogP contribution in [0.25, 0.3) is 0 Å². The molecule has 14 heavy (non-hydrogen) atoms. The molecular weight excluding hydrogens is 280 g/mol. The molecule has 5 heteroatoms. The molecule has 0 bridgehead atoms. The van der Waals surface area contributed by atoms with E-state index in [2.05, 4.69) is 25.9 Å². The quantitative estimate of drug-likeness (QED) is 0.766. The summed E-state index contributed by atoms with van der Waals surface area (Å²) < 4.78 is 1.12. The largest absolute Gasteiger partial charge is 0.227 e. The van der Waals surface area contributed by atoms with Gasteiger partial charge in [-0.3, -0.25) is 0 Å². The molecule has 0 unspecified atom stereocenters. The molecule has 2 aromatic rings.